The second-order valence-electron chi connectivity index (χ2n) is 8.28. The van der Waals surface area contributed by atoms with E-state index in [0.717, 1.165) is 0 Å². The summed E-state index contributed by atoms with van der Waals surface area (Å²) >= 11 is 0. The molecule has 152 valence electrons. The summed E-state index contributed by atoms with van der Waals surface area (Å²) in [5, 5.41) is 1.26. The molecule has 0 aliphatic heterocycles. The number of hydrogen-bond donors (Lipinski definition) is 0. The molecule has 1 fully saturated rings. The highest BCUT2D eigenvalue weighted by Crippen LogP contribution is 2.39. The Morgan fingerprint density at radius 1 is 1.10 bits per heavy atom. The number of esters is 1. The first-order valence-corrected chi connectivity index (χ1v) is 11.0. The fourth-order valence-corrected chi connectivity index (χ4v) is 4.85. The number of fused-ring (bicyclic) bond motifs is 1. The van der Waals surface area contributed by atoms with E-state index in [4.69, 9.17) is 4.74 Å². The minimum absolute atomic E-state index is 0.00342. The highest BCUT2D eigenvalue weighted by molar-refractivity contribution is 5.86. The molecule has 3 nitrogen and oxygen atoms in total. The van der Waals surface area contributed by atoms with Crippen LogP contribution in [0, 0.1) is 6.92 Å². The number of hydrogen-bond acceptors (Lipinski definition) is 2. The van der Waals surface area contributed by atoms with Gasteiger partial charge in [0, 0.05) is 29.1 Å². The van der Waals surface area contributed by atoms with Gasteiger partial charge in [0.15, 0.2) is 0 Å². The molecule has 0 N–H and O–H groups in total. The fourth-order valence-electron chi connectivity index (χ4n) is 4.85. The number of para-hydroxylation sites is 1. The Morgan fingerprint density at radius 2 is 1.90 bits per heavy atom. The maximum atomic E-state index is 12.5. The Hall–Kier alpha value is -2.55. The van der Waals surface area contributed by atoms with Crippen molar-refractivity contribution < 1.29 is 9.53 Å². The van der Waals surface area contributed by atoms with E-state index in [-0.39, 0.29) is 11.9 Å². The van der Waals surface area contributed by atoms with Gasteiger partial charge in [0.1, 0.15) is 0 Å². The molecule has 2 aromatic carbocycles. The number of rotatable bonds is 6. The second-order valence-corrected chi connectivity index (χ2v) is 8.28. The number of ether oxygens (including phenoxy) is 1. The molecule has 4 rings (SSSR count). The third kappa shape index (κ3) is 4.24. The number of carbonyl (C=O) groups is 1. The van der Waals surface area contributed by atoms with Gasteiger partial charge in [-0.15, -0.1) is 0 Å². The molecule has 1 heterocycles. The van der Waals surface area contributed by atoms with E-state index in [1.165, 1.54) is 59.7 Å². The summed E-state index contributed by atoms with van der Waals surface area (Å²) in [4.78, 5) is 12.5. The zero-order valence-corrected chi connectivity index (χ0v) is 17.6. The maximum Gasteiger partial charge on any atom is 0.306 e. The normalized spacial score (nSPS) is 16.1. The number of aryl methyl sites for hydroxylation is 1. The third-order valence-corrected chi connectivity index (χ3v) is 6.24. The average molecular weight is 390 g/mol. The van der Waals surface area contributed by atoms with Crippen LogP contribution in [0.5, 0.6) is 0 Å². The van der Waals surface area contributed by atoms with E-state index in [0.29, 0.717) is 19.1 Å². The number of aromatic nitrogens is 1. The highest BCUT2D eigenvalue weighted by Gasteiger charge is 2.25. The minimum atomic E-state index is -0.131. The van der Waals surface area contributed by atoms with Gasteiger partial charge in [0.2, 0.25) is 0 Å². The molecule has 1 atom stereocenters. The monoisotopic (exact) mass is 389 g/mol. The molecule has 3 heteroatoms. The quantitative estimate of drug-likeness (QED) is 0.448. The number of carbonyl (C=O) groups excluding carboxylic acids is 1. The fraction of sp³-hybridized carbons (Fsp3) is 0.423. The summed E-state index contributed by atoms with van der Waals surface area (Å²) in [5.74, 6) is -0.128. The van der Waals surface area contributed by atoms with Gasteiger partial charge < -0.3 is 9.30 Å². The predicted molar refractivity (Wildman–Crippen MR) is 118 cm³/mol. The number of benzene rings is 2. The summed E-state index contributed by atoms with van der Waals surface area (Å²) < 4.78 is 7.82. The van der Waals surface area contributed by atoms with Crippen molar-refractivity contribution in [1.82, 2.24) is 4.57 Å². The van der Waals surface area contributed by atoms with Crippen molar-refractivity contribution >= 4 is 16.9 Å². The smallest absolute Gasteiger partial charge is 0.306 e. The highest BCUT2D eigenvalue weighted by atomic mass is 16.5. The van der Waals surface area contributed by atoms with E-state index in [1.807, 2.05) is 6.92 Å². The van der Waals surface area contributed by atoms with Crippen LogP contribution in [0.25, 0.3) is 10.9 Å². The van der Waals surface area contributed by atoms with Gasteiger partial charge in [-0.05, 0) is 43.9 Å². The predicted octanol–water partition coefficient (Wildman–Crippen LogP) is 6.54. The molecule has 3 aromatic rings. The lowest BCUT2D eigenvalue weighted by molar-refractivity contribution is -0.143. The zero-order valence-electron chi connectivity index (χ0n) is 17.6. The largest absolute Gasteiger partial charge is 0.466 e. The standard InChI is InChI=1S/C26H31NO2/c1-3-29-26(28)17-23(20-11-9-10-19(2)16-20)24-18-27(21-12-5-4-6-13-21)25-15-8-7-14-22(24)25/h7-11,14-16,18,21,23H,3-6,12-13,17H2,1-2H3. The summed E-state index contributed by atoms with van der Waals surface area (Å²) in [5.41, 5.74) is 4.93. The van der Waals surface area contributed by atoms with Gasteiger partial charge in [-0.2, -0.15) is 0 Å². The van der Waals surface area contributed by atoms with Gasteiger partial charge in [0.25, 0.3) is 0 Å². The van der Waals surface area contributed by atoms with Crippen molar-refractivity contribution in [3.8, 4) is 0 Å². The summed E-state index contributed by atoms with van der Waals surface area (Å²) in [6.07, 6.45) is 9.13. The van der Waals surface area contributed by atoms with Crippen LogP contribution in [0.4, 0.5) is 0 Å². The van der Waals surface area contributed by atoms with Crippen LogP contribution in [-0.2, 0) is 9.53 Å². The molecule has 0 spiro atoms. The SMILES string of the molecule is CCOC(=O)CC(c1cccc(C)c1)c1cn(C2CCCCC2)c2ccccc12. The van der Waals surface area contributed by atoms with Crippen molar-refractivity contribution in [1.29, 1.82) is 0 Å². The van der Waals surface area contributed by atoms with Crippen molar-refractivity contribution in [2.45, 2.75) is 64.3 Å². The van der Waals surface area contributed by atoms with Crippen LogP contribution in [-0.4, -0.2) is 17.1 Å². The van der Waals surface area contributed by atoms with Crippen molar-refractivity contribution in [2.75, 3.05) is 6.61 Å². The Labute approximate surface area is 173 Å². The molecule has 1 saturated carbocycles. The lowest BCUT2D eigenvalue weighted by atomic mass is 9.87. The van der Waals surface area contributed by atoms with Gasteiger partial charge in [-0.1, -0.05) is 67.3 Å². The van der Waals surface area contributed by atoms with E-state index >= 15 is 0 Å². The first-order valence-electron chi connectivity index (χ1n) is 11.0. The number of nitrogens with zero attached hydrogens (tertiary/aromatic N) is 1. The van der Waals surface area contributed by atoms with Gasteiger partial charge in [0.05, 0.1) is 13.0 Å². The van der Waals surface area contributed by atoms with Crippen molar-refractivity contribution in [3.63, 3.8) is 0 Å². The van der Waals surface area contributed by atoms with E-state index in [1.54, 1.807) is 0 Å². The van der Waals surface area contributed by atoms with Crippen molar-refractivity contribution in [2.24, 2.45) is 0 Å². The van der Waals surface area contributed by atoms with Gasteiger partial charge in [-0.3, -0.25) is 4.79 Å². The van der Waals surface area contributed by atoms with Crippen LogP contribution in [0.2, 0.25) is 0 Å². The molecular formula is C26H31NO2. The Bertz CT molecular complexity index is 981. The van der Waals surface area contributed by atoms with Crippen LogP contribution < -0.4 is 0 Å². The average Bonchev–Trinajstić information content (AvgIpc) is 3.12. The molecule has 0 saturated heterocycles. The second kappa shape index (κ2) is 8.86. The van der Waals surface area contributed by atoms with Gasteiger partial charge in [-0.25, -0.2) is 0 Å². The van der Waals surface area contributed by atoms with E-state index in [9.17, 15) is 4.79 Å². The molecule has 1 aliphatic carbocycles. The topological polar surface area (TPSA) is 31.2 Å². The zero-order chi connectivity index (χ0) is 20.2. The lowest BCUT2D eigenvalue weighted by Crippen LogP contribution is -2.13. The summed E-state index contributed by atoms with van der Waals surface area (Å²) in [6.45, 7) is 4.40. The Balaban J connectivity index is 1.82. The van der Waals surface area contributed by atoms with Crippen molar-refractivity contribution in [3.05, 3.63) is 71.4 Å². The van der Waals surface area contributed by atoms with Crippen LogP contribution >= 0.6 is 0 Å². The molecule has 29 heavy (non-hydrogen) atoms. The maximum absolute atomic E-state index is 12.5. The van der Waals surface area contributed by atoms with Gasteiger partial charge >= 0.3 is 5.97 Å². The first-order chi connectivity index (χ1) is 14.2. The molecule has 0 bridgehead atoms. The van der Waals surface area contributed by atoms with Crippen LogP contribution in [0.15, 0.2) is 54.7 Å². The molecule has 1 aliphatic rings. The van der Waals surface area contributed by atoms with Crippen LogP contribution in [0.3, 0.4) is 0 Å². The molecule has 0 radical (unpaired) electrons. The Kier molecular flexibility index (Phi) is 6.03. The molecule has 1 unspecified atom stereocenters. The summed E-state index contributed by atoms with van der Waals surface area (Å²) in [7, 11) is 0. The lowest BCUT2D eigenvalue weighted by Gasteiger charge is -2.24. The third-order valence-electron chi connectivity index (χ3n) is 6.24. The van der Waals surface area contributed by atoms with Crippen LogP contribution in [0.1, 0.15) is 74.1 Å². The summed E-state index contributed by atoms with van der Waals surface area (Å²) in [6, 6.07) is 17.8. The minimum Gasteiger partial charge on any atom is -0.466 e. The molecular weight excluding hydrogens is 358 g/mol. The van der Waals surface area contributed by atoms with E-state index < -0.39 is 0 Å². The molecule has 1 aromatic heterocycles. The molecule has 0 amide bonds. The van der Waals surface area contributed by atoms with E-state index in [2.05, 4.69) is 66.2 Å². The Morgan fingerprint density at radius 3 is 2.66 bits per heavy atom. The first kappa shape index (κ1) is 19.8.